The number of carbonyl (C=O) groups excluding carboxylic acids is 1. The Hall–Kier alpha value is -2.56. The van der Waals surface area contributed by atoms with Crippen molar-refractivity contribution in [1.82, 2.24) is 4.98 Å². The second kappa shape index (κ2) is 9.55. The molecule has 1 amide bonds. The molecule has 0 radical (unpaired) electrons. The Morgan fingerprint density at radius 3 is 2.62 bits per heavy atom. The van der Waals surface area contributed by atoms with Crippen molar-refractivity contribution < 1.29 is 9.53 Å². The lowest BCUT2D eigenvalue weighted by Crippen LogP contribution is -2.16. The molecule has 0 aliphatic heterocycles. The highest BCUT2D eigenvalue weighted by Gasteiger charge is 2.04. The summed E-state index contributed by atoms with van der Waals surface area (Å²) in [5.74, 6) is 1.87. The van der Waals surface area contributed by atoms with Crippen molar-refractivity contribution in [2.24, 2.45) is 5.92 Å². The molecule has 2 aromatic rings. The molecule has 5 nitrogen and oxygen atoms in total. The number of hydrogen-bond acceptors (Lipinski definition) is 4. The smallest absolute Gasteiger partial charge is 0.228 e. The number of carbonyl (C=O) groups is 1. The summed E-state index contributed by atoms with van der Waals surface area (Å²) in [4.78, 5) is 16.1. The molecule has 2 N–H and O–H groups in total. The Balaban J connectivity index is 1.69. The highest BCUT2D eigenvalue weighted by Crippen LogP contribution is 2.11. The fourth-order valence-corrected chi connectivity index (χ4v) is 2.06. The fraction of sp³-hybridized carbons (Fsp3) is 0.368. The third kappa shape index (κ3) is 6.69. The number of hydrogen-bond donors (Lipinski definition) is 2. The van der Waals surface area contributed by atoms with Gasteiger partial charge in [-0.1, -0.05) is 32.0 Å². The van der Waals surface area contributed by atoms with Crippen molar-refractivity contribution >= 4 is 17.4 Å². The molecular weight excluding hydrogens is 302 g/mol. The zero-order valence-corrected chi connectivity index (χ0v) is 14.3. The van der Waals surface area contributed by atoms with Crippen LogP contribution < -0.4 is 15.4 Å². The van der Waals surface area contributed by atoms with Crippen molar-refractivity contribution in [1.29, 1.82) is 0 Å². The number of ether oxygens (including phenoxy) is 1. The summed E-state index contributed by atoms with van der Waals surface area (Å²) >= 11 is 0. The molecular formula is C19H25N3O2. The maximum Gasteiger partial charge on any atom is 0.228 e. The Labute approximate surface area is 143 Å². The van der Waals surface area contributed by atoms with Crippen LogP contribution >= 0.6 is 0 Å². The van der Waals surface area contributed by atoms with Gasteiger partial charge in [-0.15, -0.1) is 0 Å². The van der Waals surface area contributed by atoms with E-state index in [9.17, 15) is 4.79 Å². The highest BCUT2D eigenvalue weighted by atomic mass is 16.5. The van der Waals surface area contributed by atoms with Gasteiger partial charge in [-0.05, 0) is 36.6 Å². The fourth-order valence-electron chi connectivity index (χ4n) is 2.06. The number of rotatable bonds is 9. The zero-order valence-electron chi connectivity index (χ0n) is 14.3. The number of nitrogens with zero attached hydrogens (tertiary/aromatic N) is 1. The van der Waals surface area contributed by atoms with E-state index < -0.39 is 0 Å². The summed E-state index contributed by atoms with van der Waals surface area (Å²) in [6.45, 7) is 5.65. The van der Waals surface area contributed by atoms with E-state index in [1.165, 1.54) is 0 Å². The van der Waals surface area contributed by atoms with Gasteiger partial charge in [0.25, 0.3) is 0 Å². The van der Waals surface area contributed by atoms with E-state index in [1.54, 1.807) is 12.3 Å². The monoisotopic (exact) mass is 327 g/mol. The van der Waals surface area contributed by atoms with E-state index in [-0.39, 0.29) is 12.3 Å². The predicted octanol–water partition coefficient (Wildman–Crippen LogP) is 3.95. The summed E-state index contributed by atoms with van der Waals surface area (Å²) in [5, 5.41) is 6.09. The van der Waals surface area contributed by atoms with Gasteiger partial charge in [0.1, 0.15) is 11.6 Å². The minimum Gasteiger partial charge on any atom is -0.493 e. The number of aromatic nitrogens is 1. The first kappa shape index (κ1) is 17.8. The van der Waals surface area contributed by atoms with Crippen molar-refractivity contribution in [3.05, 3.63) is 48.7 Å². The van der Waals surface area contributed by atoms with Gasteiger partial charge in [-0.2, -0.15) is 0 Å². The standard InChI is InChI=1S/C19H25N3O2/c1-15(2)10-12-20-16-8-9-18(21-14-16)22-19(23)11-13-24-17-6-4-3-5-7-17/h3-9,14-15,20H,10-13H2,1-2H3,(H,21,22,23). The molecule has 0 saturated heterocycles. The number of anilines is 2. The third-order valence-electron chi connectivity index (χ3n) is 3.42. The Bertz CT molecular complexity index is 612. The topological polar surface area (TPSA) is 63.2 Å². The van der Waals surface area contributed by atoms with Crippen molar-refractivity contribution in [2.45, 2.75) is 26.7 Å². The lowest BCUT2D eigenvalue weighted by Gasteiger charge is -2.09. The second-order valence-corrected chi connectivity index (χ2v) is 6.00. The molecule has 0 aliphatic carbocycles. The van der Waals surface area contributed by atoms with Gasteiger partial charge in [-0.25, -0.2) is 4.98 Å². The Kier molecular flexibility index (Phi) is 7.08. The molecule has 1 heterocycles. The zero-order chi connectivity index (χ0) is 17.2. The van der Waals surface area contributed by atoms with E-state index in [2.05, 4.69) is 29.5 Å². The van der Waals surface area contributed by atoms with Crippen LogP contribution in [0.2, 0.25) is 0 Å². The molecule has 0 atom stereocenters. The van der Waals surface area contributed by atoms with Crippen molar-refractivity contribution in [3.63, 3.8) is 0 Å². The van der Waals surface area contributed by atoms with Crippen LogP contribution in [0.15, 0.2) is 48.7 Å². The van der Waals surface area contributed by atoms with E-state index in [0.29, 0.717) is 18.3 Å². The first-order valence-electron chi connectivity index (χ1n) is 8.31. The van der Waals surface area contributed by atoms with Crippen molar-refractivity contribution in [2.75, 3.05) is 23.8 Å². The first-order valence-corrected chi connectivity index (χ1v) is 8.31. The number of nitrogens with one attached hydrogen (secondary N) is 2. The molecule has 1 aromatic carbocycles. The number of pyridine rings is 1. The van der Waals surface area contributed by atoms with E-state index in [0.717, 1.165) is 24.4 Å². The average Bonchev–Trinajstić information content (AvgIpc) is 2.57. The maximum absolute atomic E-state index is 11.9. The van der Waals surface area contributed by atoms with Crippen LogP contribution in [0, 0.1) is 5.92 Å². The normalized spacial score (nSPS) is 10.5. The van der Waals surface area contributed by atoms with Gasteiger partial charge >= 0.3 is 0 Å². The molecule has 0 spiro atoms. The SMILES string of the molecule is CC(C)CCNc1ccc(NC(=O)CCOc2ccccc2)nc1. The van der Waals surface area contributed by atoms with E-state index >= 15 is 0 Å². The molecule has 5 heteroatoms. The molecule has 0 aliphatic rings. The minimum atomic E-state index is -0.112. The van der Waals surface area contributed by atoms with Crippen LogP contribution in [-0.2, 0) is 4.79 Å². The minimum absolute atomic E-state index is 0.112. The van der Waals surface area contributed by atoms with Gasteiger partial charge in [0.2, 0.25) is 5.91 Å². The maximum atomic E-state index is 11.9. The van der Waals surface area contributed by atoms with Gasteiger partial charge in [0, 0.05) is 6.54 Å². The molecule has 1 aromatic heterocycles. The van der Waals surface area contributed by atoms with Gasteiger partial charge in [0.05, 0.1) is 24.9 Å². The van der Waals surface area contributed by atoms with Crippen molar-refractivity contribution in [3.8, 4) is 5.75 Å². The molecule has 0 bridgehead atoms. The van der Waals surface area contributed by atoms with Gasteiger partial charge in [0.15, 0.2) is 0 Å². The van der Waals surface area contributed by atoms with Crippen LogP contribution in [0.25, 0.3) is 0 Å². The molecule has 24 heavy (non-hydrogen) atoms. The van der Waals surface area contributed by atoms with Gasteiger partial charge < -0.3 is 15.4 Å². The largest absolute Gasteiger partial charge is 0.493 e. The molecule has 0 saturated carbocycles. The van der Waals surface area contributed by atoms with Crippen LogP contribution in [0.3, 0.4) is 0 Å². The number of amides is 1. The van der Waals surface area contributed by atoms with E-state index in [1.807, 2.05) is 36.4 Å². The summed E-state index contributed by atoms with van der Waals surface area (Å²) in [6.07, 6.45) is 3.13. The lowest BCUT2D eigenvalue weighted by atomic mass is 10.1. The van der Waals surface area contributed by atoms with Crippen LogP contribution in [0.4, 0.5) is 11.5 Å². The molecule has 2 rings (SSSR count). The summed E-state index contributed by atoms with van der Waals surface area (Å²) in [5.41, 5.74) is 0.959. The van der Waals surface area contributed by atoms with E-state index in [4.69, 9.17) is 4.74 Å². The summed E-state index contributed by atoms with van der Waals surface area (Å²) in [7, 11) is 0. The van der Waals surface area contributed by atoms with Gasteiger partial charge in [-0.3, -0.25) is 4.79 Å². The third-order valence-corrected chi connectivity index (χ3v) is 3.42. The first-order chi connectivity index (χ1) is 11.6. The quantitative estimate of drug-likeness (QED) is 0.732. The summed E-state index contributed by atoms with van der Waals surface area (Å²) in [6, 6.07) is 13.2. The Morgan fingerprint density at radius 1 is 1.17 bits per heavy atom. The molecule has 0 unspecified atom stereocenters. The number of para-hydroxylation sites is 1. The average molecular weight is 327 g/mol. The highest BCUT2D eigenvalue weighted by molar-refractivity contribution is 5.89. The molecule has 0 fully saturated rings. The second-order valence-electron chi connectivity index (χ2n) is 6.00. The predicted molar refractivity (Wildman–Crippen MR) is 97.4 cm³/mol. The Morgan fingerprint density at radius 2 is 1.96 bits per heavy atom. The molecule has 128 valence electrons. The van der Waals surface area contributed by atoms with Crippen LogP contribution in [0.5, 0.6) is 5.75 Å². The van der Waals surface area contributed by atoms with Crippen LogP contribution in [-0.4, -0.2) is 24.0 Å². The number of benzene rings is 1. The summed E-state index contributed by atoms with van der Waals surface area (Å²) < 4.78 is 5.51. The lowest BCUT2D eigenvalue weighted by molar-refractivity contribution is -0.116. The van der Waals surface area contributed by atoms with Crippen LogP contribution in [0.1, 0.15) is 26.7 Å².